The van der Waals surface area contributed by atoms with Crippen LogP contribution in [0.1, 0.15) is 11.3 Å². The van der Waals surface area contributed by atoms with Crippen molar-refractivity contribution >= 4 is 23.2 Å². The van der Waals surface area contributed by atoms with Crippen LogP contribution in [0.5, 0.6) is 0 Å². The van der Waals surface area contributed by atoms with Crippen LogP contribution in [-0.4, -0.2) is 9.78 Å². The molecule has 0 aliphatic carbocycles. The maximum atomic E-state index is 5.82. The molecule has 0 spiro atoms. The van der Waals surface area contributed by atoms with Crippen LogP contribution in [0.15, 0.2) is 30.5 Å². The van der Waals surface area contributed by atoms with Crippen molar-refractivity contribution in [3.63, 3.8) is 0 Å². The quantitative estimate of drug-likeness (QED) is 0.735. The Morgan fingerprint density at radius 2 is 1.93 bits per heavy atom. The van der Waals surface area contributed by atoms with E-state index in [1.165, 1.54) is 0 Å². The van der Waals surface area contributed by atoms with Crippen LogP contribution in [0.25, 0.3) is 5.69 Å². The van der Waals surface area contributed by atoms with Gasteiger partial charge in [0.25, 0.3) is 0 Å². The molecule has 1 aromatic carbocycles. The molecule has 0 bridgehead atoms. The number of nitrogens with zero attached hydrogens (tertiary/aromatic N) is 2. The van der Waals surface area contributed by atoms with Gasteiger partial charge < -0.3 is 0 Å². The largest absolute Gasteiger partial charge is 0.238 e. The molecule has 0 saturated carbocycles. The minimum Gasteiger partial charge on any atom is -0.238 e. The lowest BCUT2D eigenvalue weighted by atomic mass is 10.3. The summed E-state index contributed by atoms with van der Waals surface area (Å²) in [5.74, 6) is 0.486. The van der Waals surface area contributed by atoms with E-state index in [4.69, 9.17) is 23.2 Å². The van der Waals surface area contributed by atoms with Crippen molar-refractivity contribution in [2.24, 2.45) is 0 Å². The van der Waals surface area contributed by atoms with E-state index in [0.717, 1.165) is 22.0 Å². The molecule has 4 heteroatoms. The second kappa shape index (κ2) is 4.25. The summed E-state index contributed by atoms with van der Waals surface area (Å²) in [5, 5.41) is 5.00. The normalized spacial score (nSPS) is 10.6. The number of rotatable bonds is 2. The van der Waals surface area contributed by atoms with Crippen molar-refractivity contribution in [2.45, 2.75) is 12.8 Å². The first-order valence-corrected chi connectivity index (χ1v) is 5.49. The average molecular weight is 241 g/mol. The predicted octanol–water partition coefficient (Wildman–Crippen LogP) is 3.57. The first kappa shape index (κ1) is 10.5. The summed E-state index contributed by atoms with van der Waals surface area (Å²) in [6.07, 6.45) is 1.79. The Morgan fingerprint density at radius 3 is 2.47 bits per heavy atom. The van der Waals surface area contributed by atoms with Crippen molar-refractivity contribution in [2.75, 3.05) is 0 Å². The van der Waals surface area contributed by atoms with Crippen molar-refractivity contribution < 1.29 is 0 Å². The van der Waals surface area contributed by atoms with Gasteiger partial charge in [-0.3, -0.25) is 0 Å². The SMILES string of the molecule is Cc1c(CCl)cnn1-c1ccc(Cl)cc1. The fraction of sp³-hybridized carbons (Fsp3) is 0.182. The second-order valence-electron chi connectivity index (χ2n) is 3.28. The van der Waals surface area contributed by atoms with Crippen LogP contribution >= 0.6 is 23.2 Å². The van der Waals surface area contributed by atoms with Gasteiger partial charge in [0.05, 0.1) is 17.8 Å². The molecular formula is C11H10Cl2N2. The monoisotopic (exact) mass is 240 g/mol. The van der Waals surface area contributed by atoms with Crippen LogP contribution in [0.4, 0.5) is 0 Å². The van der Waals surface area contributed by atoms with E-state index in [2.05, 4.69) is 5.10 Å². The van der Waals surface area contributed by atoms with Gasteiger partial charge in [0.2, 0.25) is 0 Å². The standard InChI is InChI=1S/C11H10Cl2N2/c1-8-9(6-12)7-14-15(8)11-4-2-10(13)3-5-11/h2-5,7H,6H2,1H3. The number of aromatic nitrogens is 2. The van der Waals surface area contributed by atoms with Gasteiger partial charge in [0.1, 0.15) is 0 Å². The highest BCUT2D eigenvalue weighted by molar-refractivity contribution is 6.30. The number of hydrogen-bond acceptors (Lipinski definition) is 1. The molecule has 78 valence electrons. The Morgan fingerprint density at radius 1 is 1.27 bits per heavy atom. The number of hydrogen-bond donors (Lipinski definition) is 0. The van der Waals surface area contributed by atoms with Crippen molar-refractivity contribution in [1.82, 2.24) is 9.78 Å². The molecule has 1 heterocycles. The molecule has 2 aromatic rings. The highest BCUT2D eigenvalue weighted by Crippen LogP contribution is 2.17. The summed E-state index contributed by atoms with van der Waals surface area (Å²) in [7, 11) is 0. The van der Waals surface area contributed by atoms with Gasteiger partial charge in [-0.2, -0.15) is 5.10 Å². The van der Waals surface area contributed by atoms with Crippen LogP contribution in [-0.2, 0) is 5.88 Å². The minimum atomic E-state index is 0.486. The highest BCUT2D eigenvalue weighted by atomic mass is 35.5. The third-order valence-electron chi connectivity index (χ3n) is 2.33. The summed E-state index contributed by atoms with van der Waals surface area (Å²) in [6, 6.07) is 7.55. The van der Waals surface area contributed by atoms with Crippen LogP contribution < -0.4 is 0 Å². The average Bonchev–Trinajstić information content (AvgIpc) is 2.61. The van der Waals surface area contributed by atoms with Crippen LogP contribution in [0, 0.1) is 6.92 Å². The third kappa shape index (κ3) is 2.01. The summed E-state index contributed by atoms with van der Waals surface area (Å²) in [6.45, 7) is 2.00. The Hall–Kier alpha value is -0.990. The molecule has 2 nitrogen and oxygen atoms in total. The number of halogens is 2. The van der Waals surface area contributed by atoms with Gasteiger partial charge in [-0.15, -0.1) is 11.6 Å². The minimum absolute atomic E-state index is 0.486. The van der Waals surface area contributed by atoms with Gasteiger partial charge >= 0.3 is 0 Å². The third-order valence-corrected chi connectivity index (χ3v) is 2.87. The molecule has 0 aliphatic heterocycles. The molecule has 0 saturated heterocycles. The van der Waals surface area contributed by atoms with E-state index in [1.54, 1.807) is 6.20 Å². The zero-order valence-corrected chi connectivity index (χ0v) is 9.76. The summed E-state index contributed by atoms with van der Waals surface area (Å²) >= 11 is 11.6. The smallest absolute Gasteiger partial charge is 0.0649 e. The van der Waals surface area contributed by atoms with Gasteiger partial charge in [0.15, 0.2) is 0 Å². The van der Waals surface area contributed by atoms with E-state index in [-0.39, 0.29) is 0 Å². The summed E-state index contributed by atoms with van der Waals surface area (Å²) in [5.41, 5.74) is 3.10. The Balaban J connectivity index is 2.45. The molecule has 0 unspecified atom stereocenters. The Bertz CT molecular complexity index is 460. The molecule has 0 amide bonds. The molecule has 0 atom stereocenters. The van der Waals surface area contributed by atoms with Gasteiger partial charge in [-0.05, 0) is 31.2 Å². The van der Waals surface area contributed by atoms with Gasteiger partial charge in [0, 0.05) is 16.3 Å². The molecular weight excluding hydrogens is 231 g/mol. The van der Waals surface area contributed by atoms with Gasteiger partial charge in [-0.1, -0.05) is 11.6 Å². The van der Waals surface area contributed by atoms with Crippen molar-refractivity contribution in [1.29, 1.82) is 0 Å². The molecule has 1 aromatic heterocycles. The van der Waals surface area contributed by atoms with E-state index < -0.39 is 0 Å². The van der Waals surface area contributed by atoms with Gasteiger partial charge in [-0.25, -0.2) is 4.68 Å². The predicted molar refractivity (Wildman–Crippen MR) is 62.9 cm³/mol. The first-order valence-electron chi connectivity index (χ1n) is 4.58. The second-order valence-corrected chi connectivity index (χ2v) is 3.98. The molecule has 0 N–H and O–H groups in total. The number of alkyl halides is 1. The summed E-state index contributed by atoms with van der Waals surface area (Å²) in [4.78, 5) is 0. The lowest BCUT2D eigenvalue weighted by Gasteiger charge is -2.04. The fourth-order valence-corrected chi connectivity index (χ4v) is 1.81. The summed E-state index contributed by atoms with van der Waals surface area (Å²) < 4.78 is 1.86. The first-order chi connectivity index (χ1) is 7.22. The Labute approximate surface area is 98.4 Å². The lowest BCUT2D eigenvalue weighted by Crippen LogP contribution is -1.98. The van der Waals surface area contributed by atoms with Crippen molar-refractivity contribution in [3.05, 3.63) is 46.7 Å². The maximum Gasteiger partial charge on any atom is 0.0649 e. The zero-order chi connectivity index (χ0) is 10.8. The zero-order valence-electron chi connectivity index (χ0n) is 8.24. The van der Waals surface area contributed by atoms with E-state index in [9.17, 15) is 0 Å². The molecule has 0 aliphatic rings. The molecule has 2 rings (SSSR count). The molecule has 0 fully saturated rings. The van der Waals surface area contributed by atoms with E-state index >= 15 is 0 Å². The molecule has 0 radical (unpaired) electrons. The topological polar surface area (TPSA) is 17.8 Å². The number of benzene rings is 1. The van der Waals surface area contributed by atoms with Crippen molar-refractivity contribution in [3.8, 4) is 5.69 Å². The van der Waals surface area contributed by atoms with Crippen LogP contribution in [0.3, 0.4) is 0 Å². The Kier molecular flexibility index (Phi) is 2.98. The van der Waals surface area contributed by atoms with E-state index in [0.29, 0.717) is 5.88 Å². The van der Waals surface area contributed by atoms with Crippen LogP contribution in [0.2, 0.25) is 5.02 Å². The van der Waals surface area contributed by atoms with E-state index in [1.807, 2.05) is 35.9 Å². The highest BCUT2D eigenvalue weighted by Gasteiger charge is 2.06. The fourth-order valence-electron chi connectivity index (χ4n) is 1.42. The lowest BCUT2D eigenvalue weighted by molar-refractivity contribution is 0.845. The molecule has 15 heavy (non-hydrogen) atoms. The maximum absolute atomic E-state index is 5.82.